The van der Waals surface area contributed by atoms with E-state index in [2.05, 4.69) is 196 Å². The smallest absolute Gasteiger partial charge is 0.109 e. The van der Waals surface area contributed by atoms with Crippen molar-refractivity contribution in [1.82, 2.24) is 0 Å². The maximum atomic E-state index is 8.57. The second-order valence-electron chi connectivity index (χ2n) is 10.7. The Labute approximate surface area is 332 Å². The third-order valence-electron chi connectivity index (χ3n) is 8.33. The van der Waals surface area contributed by atoms with Gasteiger partial charge in [0.2, 0.25) is 0 Å². The van der Waals surface area contributed by atoms with Crippen molar-refractivity contribution in [3.8, 4) is 0 Å². The molecule has 0 heterocycles. The van der Waals surface area contributed by atoms with Gasteiger partial charge in [-0.2, -0.15) is 0 Å². The van der Waals surface area contributed by atoms with E-state index in [4.69, 9.17) is 23.2 Å². The Kier molecular flexibility index (Phi) is 10.5. The lowest BCUT2D eigenvalue weighted by Crippen LogP contribution is -2.61. The molecule has 0 spiro atoms. The lowest BCUT2D eigenvalue weighted by molar-refractivity contribution is 0.371. The van der Waals surface area contributed by atoms with Gasteiger partial charge in [-0.15, -0.1) is 23.2 Å². The molecule has 9 heteroatoms. The monoisotopic (exact) mass is 1080 g/mol. The summed E-state index contributed by atoms with van der Waals surface area (Å²) in [6.45, 7) is 0. The van der Waals surface area contributed by atoms with Gasteiger partial charge in [0.05, 0.1) is 5.41 Å². The van der Waals surface area contributed by atoms with Gasteiger partial charge in [-0.05, 0) is 108 Å². The minimum atomic E-state index is -1.34. The van der Waals surface area contributed by atoms with Crippen molar-refractivity contribution in [3.05, 3.63) is 176 Å². The molecule has 0 saturated carbocycles. The topological polar surface area (TPSA) is 0 Å². The molecular weight excluding hydrogens is 1060 g/mol. The summed E-state index contributed by atoms with van der Waals surface area (Å²) in [5.74, 6) is -0.421. The second kappa shape index (κ2) is 13.6. The molecule has 228 valence electrons. The van der Waals surface area contributed by atoms with Crippen molar-refractivity contribution in [2.75, 3.05) is 0 Å². The molecule has 0 bridgehead atoms. The first-order chi connectivity index (χ1) is 21.4. The molecule has 45 heavy (non-hydrogen) atoms. The number of benzene rings is 5. The van der Waals surface area contributed by atoms with Crippen LogP contribution >= 0.6 is 135 Å². The molecule has 5 aromatic rings. The number of hydrogen-bond donors (Lipinski definition) is 0. The van der Waals surface area contributed by atoms with Crippen molar-refractivity contribution in [1.29, 1.82) is 0 Å². The molecule has 5 aromatic carbocycles. The minimum absolute atomic E-state index is 0.421. The summed E-state index contributed by atoms with van der Waals surface area (Å²) in [4.78, 5) is -1.34. The highest BCUT2D eigenvalue weighted by atomic mass is 79.9. The van der Waals surface area contributed by atoms with Gasteiger partial charge >= 0.3 is 0 Å². The fraction of sp³-hybridized carbons (Fsp3) is 0.111. The van der Waals surface area contributed by atoms with Crippen LogP contribution in [0.5, 0.6) is 0 Å². The minimum Gasteiger partial charge on any atom is -0.109 e. The van der Waals surface area contributed by atoms with Gasteiger partial charge in [-0.25, -0.2) is 0 Å². The van der Waals surface area contributed by atoms with Crippen LogP contribution in [0.4, 0.5) is 0 Å². The van der Waals surface area contributed by atoms with Crippen molar-refractivity contribution >= 4 is 140 Å². The number of halogens is 9. The summed E-state index contributed by atoms with van der Waals surface area (Å²) in [7, 11) is 0. The fourth-order valence-electron chi connectivity index (χ4n) is 6.50. The number of allylic oxidation sites excluding steroid dienone is 2. The molecule has 0 amide bonds. The zero-order chi connectivity index (χ0) is 32.1. The standard InChI is InChI=1S/C36H21Br7Cl2/c37-25-16-13-23(14-17-25)35(44)34(22-8-2-1-3-9-22,24-15-18-29(40)30(41)20-24)32(27-11-4-5-12-28(27)39)33(42)31(36(35,43)45)21-7-6-10-26(38)19-21/h1-20,31H. The van der Waals surface area contributed by atoms with Crippen LogP contribution in [0.15, 0.2) is 148 Å². The van der Waals surface area contributed by atoms with E-state index in [1.807, 2.05) is 36.4 Å². The predicted molar refractivity (Wildman–Crippen MR) is 215 cm³/mol. The van der Waals surface area contributed by atoms with Crippen molar-refractivity contribution < 1.29 is 0 Å². The Bertz CT molecular complexity index is 1920. The van der Waals surface area contributed by atoms with E-state index in [1.165, 1.54) is 0 Å². The van der Waals surface area contributed by atoms with Crippen LogP contribution in [-0.2, 0) is 10.3 Å². The van der Waals surface area contributed by atoms with E-state index >= 15 is 0 Å². The molecule has 0 aromatic heterocycles. The summed E-state index contributed by atoms with van der Waals surface area (Å²) < 4.78 is 4.29. The van der Waals surface area contributed by atoms with Crippen LogP contribution in [0.2, 0.25) is 0 Å². The molecule has 0 saturated heterocycles. The Morgan fingerprint density at radius 2 is 1.16 bits per heavy atom. The van der Waals surface area contributed by atoms with Gasteiger partial charge in [0, 0.05) is 32.8 Å². The van der Waals surface area contributed by atoms with E-state index in [-0.39, 0.29) is 0 Å². The van der Waals surface area contributed by atoms with Gasteiger partial charge in [-0.1, -0.05) is 159 Å². The maximum absolute atomic E-state index is 8.57. The number of rotatable bonds is 5. The summed E-state index contributed by atoms with van der Waals surface area (Å²) in [5.41, 5.74) is 4.71. The molecule has 1 aliphatic carbocycles. The van der Waals surface area contributed by atoms with Crippen LogP contribution < -0.4 is 0 Å². The average molecular weight is 1080 g/mol. The Morgan fingerprint density at radius 1 is 0.511 bits per heavy atom. The van der Waals surface area contributed by atoms with Gasteiger partial charge in [0.15, 0.2) is 0 Å². The first-order valence-electron chi connectivity index (χ1n) is 13.7. The molecule has 4 atom stereocenters. The Morgan fingerprint density at radius 3 is 1.80 bits per heavy atom. The van der Waals surface area contributed by atoms with E-state index in [0.717, 1.165) is 60.2 Å². The number of alkyl halides is 3. The van der Waals surface area contributed by atoms with E-state index in [0.29, 0.717) is 0 Å². The van der Waals surface area contributed by atoms with Gasteiger partial charge in [0.1, 0.15) is 8.66 Å². The summed E-state index contributed by atoms with van der Waals surface area (Å²) in [6.07, 6.45) is 0. The van der Waals surface area contributed by atoms with Gasteiger partial charge in [0.25, 0.3) is 0 Å². The highest BCUT2D eigenvalue weighted by Gasteiger charge is 2.71. The third-order valence-corrected chi connectivity index (χ3v) is 15.5. The average Bonchev–Trinajstić information content (AvgIpc) is 3.01. The molecule has 0 radical (unpaired) electrons. The zero-order valence-electron chi connectivity index (χ0n) is 23.0. The first-order valence-corrected chi connectivity index (χ1v) is 20.0. The van der Waals surface area contributed by atoms with Gasteiger partial charge < -0.3 is 0 Å². The second-order valence-corrected chi connectivity index (χ2v) is 18.8. The summed E-state index contributed by atoms with van der Waals surface area (Å²) in [6, 6.07) is 41.4. The van der Waals surface area contributed by atoms with Crippen LogP contribution in [0.1, 0.15) is 33.7 Å². The number of hydrogen-bond acceptors (Lipinski definition) is 0. The Balaban J connectivity index is 1.93. The van der Waals surface area contributed by atoms with Gasteiger partial charge in [-0.3, -0.25) is 0 Å². The molecule has 6 rings (SSSR count). The lowest BCUT2D eigenvalue weighted by Gasteiger charge is -2.60. The highest BCUT2D eigenvalue weighted by Crippen LogP contribution is 2.75. The van der Waals surface area contributed by atoms with Crippen molar-refractivity contribution in [2.24, 2.45) is 0 Å². The molecule has 4 unspecified atom stereocenters. The molecule has 0 aliphatic heterocycles. The largest absolute Gasteiger partial charge is 0.135 e. The van der Waals surface area contributed by atoms with E-state index in [9.17, 15) is 0 Å². The van der Waals surface area contributed by atoms with Crippen molar-refractivity contribution in [3.63, 3.8) is 0 Å². The molecule has 1 aliphatic rings. The fourth-order valence-corrected chi connectivity index (χ4v) is 11.9. The van der Waals surface area contributed by atoms with Crippen molar-refractivity contribution in [2.45, 2.75) is 20.0 Å². The van der Waals surface area contributed by atoms with Crippen LogP contribution in [0.3, 0.4) is 0 Å². The van der Waals surface area contributed by atoms with Crippen LogP contribution in [0, 0.1) is 0 Å². The molecule has 0 nitrogen and oxygen atoms in total. The summed E-state index contributed by atoms with van der Waals surface area (Å²) >= 11 is 43.9. The normalized spacial score (nSPS) is 25.0. The molecule has 0 N–H and O–H groups in total. The summed E-state index contributed by atoms with van der Waals surface area (Å²) in [5, 5.41) is 0. The van der Waals surface area contributed by atoms with Crippen LogP contribution in [-0.4, -0.2) is 3.78 Å². The maximum Gasteiger partial charge on any atom is 0.135 e. The molecule has 0 fully saturated rings. The SMILES string of the molecule is ClC1(Br)C(c2cccc(Br)c2)C(Br)=C(c2ccccc2Br)C(c2ccccc2)(c2ccc(Br)c(Br)c2)C1(Cl)c1ccc(Br)cc1. The quantitative estimate of drug-likeness (QED) is 0.154. The van der Waals surface area contributed by atoms with Crippen LogP contribution in [0.25, 0.3) is 5.57 Å². The molecular formula is C36H21Br7Cl2. The lowest BCUT2D eigenvalue weighted by atomic mass is 9.52. The Hall–Kier alpha value is -0.220. The third kappa shape index (κ3) is 5.70. The highest BCUT2D eigenvalue weighted by molar-refractivity contribution is 9.13. The predicted octanol–water partition coefficient (Wildman–Crippen LogP) is 14.9. The van der Waals surface area contributed by atoms with E-state index < -0.39 is 20.0 Å². The van der Waals surface area contributed by atoms with E-state index in [1.54, 1.807) is 0 Å². The first kappa shape index (κ1) is 34.6. The zero-order valence-corrected chi connectivity index (χ0v) is 35.6.